The molecule has 0 radical (unpaired) electrons. The van der Waals surface area contributed by atoms with E-state index in [1.807, 2.05) is 0 Å². The maximum absolute atomic E-state index is 8.42. The third-order valence-corrected chi connectivity index (χ3v) is 0. The minimum Gasteiger partial charge on any atom is -0.907 e. The maximum atomic E-state index is 8.42. The van der Waals surface area contributed by atoms with Gasteiger partial charge in [0.25, 0.3) is 0 Å². The van der Waals surface area contributed by atoms with Gasteiger partial charge < -0.3 is 15.1 Å². The van der Waals surface area contributed by atoms with Crippen molar-refractivity contribution in [3.63, 3.8) is 0 Å². The van der Waals surface area contributed by atoms with Crippen LogP contribution in [-0.4, -0.2) is 63.6 Å². The molecule has 0 heterocycles. The van der Waals surface area contributed by atoms with Crippen LogP contribution in [0, 0.1) is 0 Å². The fourth-order valence-electron chi connectivity index (χ4n) is 0. The quantitative estimate of drug-likeness (QED) is 0.414. The Morgan fingerprint density at radius 1 is 1.22 bits per heavy atom. The zero-order valence-corrected chi connectivity index (χ0v) is 12.0. The van der Waals surface area contributed by atoms with Crippen molar-refractivity contribution in [3.05, 3.63) is 0 Å². The van der Waals surface area contributed by atoms with Crippen LogP contribution in [0.4, 0.5) is 0 Å². The molecule has 9 heavy (non-hydrogen) atoms. The molecule has 0 aliphatic rings. The van der Waals surface area contributed by atoms with Crippen molar-refractivity contribution in [2.75, 3.05) is 0 Å². The third kappa shape index (κ3) is 183. The summed E-state index contributed by atoms with van der Waals surface area (Å²) in [5, 5.41) is 33.5. The first-order valence-corrected chi connectivity index (χ1v) is 1.18. The Morgan fingerprint density at radius 3 is 1.22 bits per heavy atom. The predicted molar refractivity (Wildman–Crippen MR) is 17.9 cm³/mol. The molecular weight excluding hydrogens is 304 g/mol. The van der Waals surface area contributed by atoms with Gasteiger partial charge in [0.2, 0.25) is 0 Å². The molecule has 0 aliphatic carbocycles. The van der Waals surface area contributed by atoms with Crippen LogP contribution >= 0.6 is 0 Å². The van der Waals surface area contributed by atoms with Crippen LogP contribution in [0.3, 0.4) is 0 Å². The molecule has 0 aromatic heterocycles. The molecule has 0 rings (SSSR count). The summed E-state index contributed by atoms with van der Waals surface area (Å²) in [6, 6.07) is 0. The van der Waals surface area contributed by atoms with Crippen molar-refractivity contribution in [2.45, 2.75) is 0 Å². The van der Waals surface area contributed by atoms with E-state index in [0.29, 0.717) is 0 Å². The van der Waals surface area contributed by atoms with Crippen LogP contribution < -0.4 is 20.1 Å². The average molecular weight is 304 g/mol. The van der Waals surface area contributed by atoms with Crippen LogP contribution in [-0.2, 0) is 24.2 Å². The molecule has 0 saturated carbocycles. The van der Waals surface area contributed by atoms with Crippen LogP contribution in [0.25, 0.3) is 0 Å². The first kappa shape index (κ1) is 22.4. The normalized spacial score (nSPS) is 3.89. The summed E-state index contributed by atoms with van der Waals surface area (Å²) in [6.07, 6.45) is 0. The van der Waals surface area contributed by atoms with Crippen LogP contribution in [0.15, 0.2) is 0 Å². The summed E-state index contributed by atoms with van der Waals surface area (Å²) in [5.41, 5.74) is 0. The Labute approximate surface area is 106 Å². The minimum absolute atomic E-state index is 0. The second-order valence-corrected chi connectivity index (χ2v) is 0.385. The Hall–Kier alpha value is 1.80. The van der Waals surface area contributed by atoms with Gasteiger partial charge in [-0.3, -0.25) is 7.32 Å². The van der Waals surface area contributed by atoms with E-state index in [1.165, 1.54) is 0 Å². The number of hydrogen-bond donors (Lipinski definition) is 0. The number of hydrogen-bond acceptors (Lipinski definition) is 5. The van der Waals surface area contributed by atoms with E-state index in [-0.39, 0.29) is 68.4 Å². The predicted octanol–water partition coefficient (Wildman–Crippen LogP) is -6.02. The minimum atomic E-state index is -2.92. The van der Waals surface area contributed by atoms with E-state index in [1.54, 1.807) is 0 Å². The zero-order valence-electron chi connectivity index (χ0n) is 4.61. The fraction of sp³-hybridized carbons (Fsp3) is 0. The summed E-state index contributed by atoms with van der Waals surface area (Å²) in [7, 11) is -3.42. The van der Waals surface area contributed by atoms with E-state index in [0.717, 1.165) is 0 Å². The van der Waals surface area contributed by atoms with E-state index in [4.69, 9.17) is 24.8 Å². The molecule has 0 saturated heterocycles. The summed E-state index contributed by atoms with van der Waals surface area (Å²) >= 11 is 0. The van der Waals surface area contributed by atoms with Crippen molar-refractivity contribution in [1.29, 1.82) is 0 Å². The molecule has 0 aliphatic heterocycles. The van der Waals surface area contributed by atoms with Gasteiger partial charge in [-0.2, -0.15) is 0 Å². The number of rotatable bonds is 0. The largest absolute Gasteiger partial charge is 2.00 e. The van der Waals surface area contributed by atoms with E-state index in [2.05, 4.69) is 0 Å². The van der Waals surface area contributed by atoms with Crippen molar-refractivity contribution < 1.29 is 44.3 Å². The Balaban J connectivity index is -0.0000000233. The van der Waals surface area contributed by atoms with Gasteiger partial charge in [-0.15, -0.1) is 0 Å². The molecule has 9 heteroatoms. The van der Waals surface area contributed by atoms with Gasteiger partial charge in [0.1, 0.15) is 0 Å². The maximum Gasteiger partial charge on any atom is 2.00 e. The van der Waals surface area contributed by atoms with E-state index >= 15 is 0 Å². The molecule has 0 bridgehead atoms. The van der Waals surface area contributed by atoms with Gasteiger partial charge in [-0.1, -0.05) is 0 Å². The summed E-state index contributed by atoms with van der Waals surface area (Å²) < 4.78 is 8.25. The molecule has 0 atom stereocenters. The average Bonchev–Trinajstić information content (AvgIpc) is 1.33. The fourth-order valence-corrected chi connectivity index (χ4v) is 0. The van der Waals surface area contributed by atoms with Crippen LogP contribution in [0.2, 0.25) is 0 Å². The molecule has 0 aromatic carbocycles. The molecule has 5 nitrogen and oxygen atoms in total. The Morgan fingerprint density at radius 2 is 1.22 bits per heavy atom. The van der Waals surface area contributed by atoms with Crippen molar-refractivity contribution >= 4 is 63.6 Å². The molecular formula is B2BaO5Zn. The molecule has 0 amide bonds. The standard InChI is InChI=1S/BO3.BO2.Ba.Zn/c2-1(3)4;2-1-3;;/q-3;-1;2*+2. The monoisotopic (exact) mass is 304 g/mol. The molecule has 0 N–H and O–H groups in total. The second kappa shape index (κ2) is 22.6. The smallest absolute Gasteiger partial charge is 0.907 e. The van der Waals surface area contributed by atoms with Crippen LogP contribution in [0.5, 0.6) is 0 Å². The summed E-state index contributed by atoms with van der Waals surface area (Å²) in [6.45, 7) is 0. The molecule has 40 valence electrons. The summed E-state index contributed by atoms with van der Waals surface area (Å²) in [4.78, 5) is 0. The van der Waals surface area contributed by atoms with E-state index < -0.39 is 14.7 Å². The first-order valence-electron chi connectivity index (χ1n) is 1.18. The summed E-state index contributed by atoms with van der Waals surface area (Å²) in [5.74, 6) is 0. The van der Waals surface area contributed by atoms with E-state index in [9.17, 15) is 0 Å². The van der Waals surface area contributed by atoms with Gasteiger partial charge in [0.15, 0.2) is 0 Å². The molecule has 0 fully saturated rings. The topological polar surface area (TPSA) is 109 Å². The van der Waals surface area contributed by atoms with Crippen molar-refractivity contribution in [1.82, 2.24) is 0 Å². The second-order valence-electron chi connectivity index (χ2n) is 0.385. The van der Waals surface area contributed by atoms with Gasteiger partial charge in [-0.25, -0.2) is 0 Å². The SMILES string of the molecule is O=B[O-].[Ba+2].[O-]B([O-])[O-].[Zn+2]. The molecule has 0 aromatic rings. The van der Waals surface area contributed by atoms with Gasteiger partial charge in [-0.05, 0) is 0 Å². The Bertz CT molecular complexity index is 39.2. The van der Waals surface area contributed by atoms with Gasteiger partial charge in [0.05, 0.1) is 0 Å². The van der Waals surface area contributed by atoms with Crippen molar-refractivity contribution in [3.8, 4) is 0 Å². The zero-order chi connectivity index (χ0) is 6.28. The van der Waals surface area contributed by atoms with Gasteiger partial charge >= 0.3 is 85.4 Å². The molecule has 0 spiro atoms. The third-order valence-electron chi connectivity index (χ3n) is 0. The van der Waals surface area contributed by atoms with Gasteiger partial charge in [0, 0.05) is 0 Å². The van der Waals surface area contributed by atoms with Crippen molar-refractivity contribution in [2.24, 2.45) is 0 Å². The first-order chi connectivity index (χ1) is 3.15. The molecule has 0 unspecified atom stereocenters. The van der Waals surface area contributed by atoms with Crippen LogP contribution in [0.1, 0.15) is 0 Å². The Kier molecular flexibility index (Phi) is 56.2.